The maximum atomic E-state index is 13.3. The van der Waals surface area contributed by atoms with Gasteiger partial charge in [-0.3, -0.25) is 9.59 Å². The molecule has 2 N–H and O–H groups in total. The van der Waals surface area contributed by atoms with E-state index in [0.29, 0.717) is 19.4 Å². The van der Waals surface area contributed by atoms with E-state index in [0.717, 1.165) is 30.4 Å². The Balaban J connectivity index is 1.06. The fourth-order valence-corrected chi connectivity index (χ4v) is 6.44. The fraction of sp³-hybridized carbons (Fsp3) is 0.464. The van der Waals surface area contributed by atoms with Crippen LogP contribution in [0.4, 0.5) is 4.79 Å². The van der Waals surface area contributed by atoms with Gasteiger partial charge in [0.1, 0.15) is 6.61 Å². The van der Waals surface area contributed by atoms with Crippen molar-refractivity contribution in [2.45, 2.75) is 38.0 Å². The van der Waals surface area contributed by atoms with Crippen LogP contribution in [0.25, 0.3) is 11.1 Å². The topological polar surface area (TPSA) is 95.9 Å². The maximum absolute atomic E-state index is 13.3. The Morgan fingerprint density at radius 1 is 0.971 bits per heavy atom. The van der Waals surface area contributed by atoms with Gasteiger partial charge in [-0.1, -0.05) is 55.0 Å². The molecule has 1 heterocycles. The molecule has 2 saturated carbocycles. The third-order valence-corrected chi connectivity index (χ3v) is 8.80. The normalized spacial score (nSPS) is 22.7. The first kappa shape index (κ1) is 22.1. The zero-order chi connectivity index (χ0) is 24.2. The number of likely N-dealkylation sites (tertiary alicyclic amines) is 1. The van der Waals surface area contributed by atoms with Crippen molar-refractivity contribution in [3.05, 3.63) is 59.7 Å². The molecular formula is C28H30N2O5. The van der Waals surface area contributed by atoms with Gasteiger partial charge in [-0.25, -0.2) is 4.79 Å². The van der Waals surface area contributed by atoms with Crippen LogP contribution in [0.3, 0.4) is 0 Å². The number of aliphatic carboxylic acids is 1. The van der Waals surface area contributed by atoms with Gasteiger partial charge < -0.3 is 20.1 Å². The Morgan fingerprint density at radius 3 is 2.11 bits per heavy atom. The lowest BCUT2D eigenvalue weighted by atomic mass is 9.63. The summed E-state index contributed by atoms with van der Waals surface area (Å²) in [4.78, 5) is 39.4. The third kappa shape index (κ3) is 3.60. The van der Waals surface area contributed by atoms with Crippen LogP contribution in [0, 0.1) is 16.7 Å². The average molecular weight is 475 g/mol. The number of carboxylic acid groups (broad SMARTS) is 1. The molecule has 1 saturated heterocycles. The summed E-state index contributed by atoms with van der Waals surface area (Å²) >= 11 is 0. The summed E-state index contributed by atoms with van der Waals surface area (Å²) in [6.45, 7) is 1.26. The number of rotatable bonds is 6. The van der Waals surface area contributed by atoms with Crippen molar-refractivity contribution in [1.82, 2.24) is 10.2 Å². The van der Waals surface area contributed by atoms with Gasteiger partial charge in [0.15, 0.2) is 0 Å². The molecule has 0 bridgehead atoms. The number of hydrogen-bond donors (Lipinski definition) is 2. The largest absolute Gasteiger partial charge is 0.481 e. The number of hydrogen-bond acceptors (Lipinski definition) is 4. The number of benzene rings is 2. The zero-order valence-corrected chi connectivity index (χ0v) is 19.7. The number of fused-ring (bicyclic) bond motifs is 3. The van der Waals surface area contributed by atoms with Crippen LogP contribution >= 0.6 is 0 Å². The lowest BCUT2D eigenvalue weighted by molar-refractivity contribution is -0.146. The summed E-state index contributed by atoms with van der Waals surface area (Å²) in [5, 5.41) is 12.5. The van der Waals surface area contributed by atoms with E-state index in [1.54, 1.807) is 4.90 Å². The maximum Gasteiger partial charge on any atom is 0.407 e. The summed E-state index contributed by atoms with van der Waals surface area (Å²) in [6, 6.07) is 16.4. The van der Waals surface area contributed by atoms with Gasteiger partial charge in [-0.15, -0.1) is 0 Å². The quantitative estimate of drug-likeness (QED) is 0.659. The molecule has 3 fully saturated rings. The summed E-state index contributed by atoms with van der Waals surface area (Å²) in [5.74, 6) is -1.32. The standard InChI is InChI=1S/C28H30N2O5/c31-24(32)23-14-30(17-28(23)10-5-11-28)25(33)27(12-13-27)16-29-26(34)35-15-22-20-8-3-1-6-18(20)19-7-2-4-9-21(19)22/h1-4,6-9,22-23H,5,10-17H2,(H,29,34)(H,31,32). The Bertz CT molecular complexity index is 1150. The minimum Gasteiger partial charge on any atom is -0.481 e. The van der Waals surface area contributed by atoms with Gasteiger partial charge in [-0.2, -0.15) is 0 Å². The van der Waals surface area contributed by atoms with Crippen molar-refractivity contribution >= 4 is 18.0 Å². The van der Waals surface area contributed by atoms with Crippen molar-refractivity contribution in [3.63, 3.8) is 0 Å². The van der Waals surface area contributed by atoms with Gasteiger partial charge in [-0.05, 0) is 47.9 Å². The number of carbonyl (C=O) groups excluding carboxylic acids is 2. The summed E-state index contributed by atoms with van der Waals surface area (Å²) in [5.41, 5.74) is 3.79. The minimum absolute atomic E-state index is 0.0131. The van der Waals surface area contributed by atoms with Crippen molar-refractivity contribution in [1.29, 1.82) is 0 Å². The molecule has 2 amide bonds. The Morgan fingerprint density at radius 2 is 1.60 bits per heavy atom. The fourth-order valence-electron chi connectivity index (χ4n) is 6.44. The number of carboxylic acids is 1. The van der Waals surface area contributed by atoms with Crippen molar-refractivity contribution in [2.75, 3.05) is 26.2 Å². The Kier molecular flexibility index (Phi) is 5.13. The molecule has 2 aromatic rings. The lowest BCUT2D eigenvalue weighted by Gasteiger charge is -2.41. The predicted octanol–water partition coefficient (Wildman–Crippen LogP) is 4.02. The molecule has 0 aromatic heterocycles. The molecule has 1 unspecified atom stereocenters. The molecule has 4 aliphatic rings. The van der Waals surface area contributed by atoms with E-state index in [-0.39, 0.29) is 36.9 Å². The average Bonchev–Trinajstić information content (AvgIpc) is 3.40. The number of amides is 2. The summed E-state index contributed by atoms with van der Waals surface area (Å²) in [6.07, 6.45) is 3.66. The van der Waals surface area contributed by atoms with Gasteiger partial charge >= 0.3 is 12.1 Å². The number of nitrogens with zero attached hydrogens (tertiary/aromatic N) is 1. The molecule has 1 atom stereocenters. The smallest absolute Gasteiger partial charge is 0.407 e. The first-order chi connectivity index (χ1) is 16.9. The van der Waals surface area contributed by atoms with Crippen molar-refractivity contribution in [3.8, 4) is 11.1 Å². The molecule has 7 nitrogen and oxygen atoms in total. The number of nitrogens with one attached hydrogen (secondary N) is 1. The second-order valence-corrected chi connectivity index (χ2v) is 10.8. The second kappa shape index (κ2) is 8.11. The number of ether oxygens (including phenoxy) is 1. The van der Waals surface area contributed by atoms with Crippen molar-refractivity contribution < 1.29 is 24.2 Å². The molecule has 35 heavy (non-hydrogen) atoms. The summed E-state index contributed by atoms with van der Waals surface area (Å²) in [7, 11) is 0. The minimum atomic E-state index is -0.804. The molecule has 7 heteroatoms. The highest BCUT2D eigenvalue weighted by Gasteiger charge is 2.59. The third-order valence-electron chi connectivity index (χ3n) is 8.80. The summed E-state index contributed by atoms with van der Waals surface area (Å²) < 4.78 is 5.62. The monoisotopic (exact) mass is 474 g/mol. The van der Waals surface area contributed by atoms with E-state index in [4.69, 9.17) is 4.74 Å². The number of alkyl carbamates (subject to hydrolysis) is 1. The van der Waals surface area contributed by atoms with Crippen LogP contribution in [0.2, 0.25) is 0 Å². The van der Waals surface area contributed by atoms with Crippen LogP contribution in [-0.2, 0) is 14.3 Å². The lowest BCUT2D eigenvalue weighted by Crippen LogP contribution is -2.44. The molecule has 2 aromatic carbocycles. The van der Waals surface area contributed by atoms with Crippen LogP contribution in [0.5, 0.6) is 0 Å². The van der Waals surface area contributed by atoms with E-state index >= 15 is 0 Å². The van der Waals surface area contributed by atoms with Crippen molar-refractivity contribution in [2.24, 2.45) is 16.7 Å². The van der Waals surface area contributed by atoms with E-state index in [1.165, 1.54) is 11.1 Å². The molecule has 0 radical (unpaired) electrons. The molecular weight excluding hydrogens is 444 g/mol. The molecule has 3 aliphatic carbocycles. The van der Waals surface area contributed by atoms with Crippen LogP contribution in [0.15, 0.2) is 48.5 Å². The SMILES string of the molecule is O=C(NCC1(C(=O)N2CC(C(=O)O)C3(CCC3)C2)CC1)OCC1c2ccccc2-c2ccccc21. The molecule has 1 aliphatic heterocycles. The highest BCUT2D eigenvalue weighted by molar-refractivity contribution is 5.87. The highest BCUT2D eigenvalue weighted by atomic mass is 16.5. The first-order valence-corrected chi connectivity index (χ1v) is 12.5. The van der Waals surface area contributed by atoms with Crippen LogP contribution < -0.4 is 5.32 Å². The molecule has 6 rings (SSSR count). The highest BCUT2D eigenvalue weighted by Crippen LogP contribution is 2.54. The van der Waals surface area contributed by atoms with Gasteiger partial charge in [0.2, 0.25) is 5.91 Å². The van der Waals surface area contributed by atoms with Crippen LogP contribution in [0.1, 0.15) is 49.1 Å². The van der Waals surface area contributed by atoms with Crippen LogP contribution in [-0.4, -0.2) is 54.2 Å². The Hall–Kier alpha value is -3.35. The van der Waals surface area contributed by atoms with E-state index in [9.17, 15) is 19.5 Å². The zero-order valence-electron chi connectivity index (χ0n) is 19.7. The van der Waals surface area contributed by atoms with E-state index in [1.807, 2.05) is 24.3 Å². The van der Waals surface area contributed by atoms with Gasteiger partial charge in [0, 0.05) is 31.0 Å². The van der Waals surface area contributed by atoms with Gasteiger partial charge in [0.25, 0.3) is 0 Å². The van der Waals surface area contributed by atoms with E-state index in [2.05, 4.69) is 29.6 Å². The second-order valence-electron chi connectivity index (χ2n) is 10.8. The number of carbonyl (C=O) groups is 3. The van der Waals surface area contributed by atoms with Gasteiger partial charge in [0.05, 0.1) is 11.3 Å². The molecule has 182 valence electrons. The van der Waals surface area contributed by atoms with E-state index < -0.39 is 23.4 Å². The first-order valence-electron chi connectivity index (χ1n) is 12.5. The predicted molar refractivity (Wildman–Crippen MR) is 129 cm³/mol. The Labute approximate surface area is 204 Å². The molecule has 1 spiro atoms.